The van der Waals surface area contributed by atoms with E-state index in [0.29, 0.717) is 5.56 Å². The minimum Gasteiger partial charge on any atom is -0.393 e. The van der Waals surface area contributed by atoms with Crippen LogP contribution >= 0.6 is 0 Å². The highest BCUT2D eigenvalue weighted by molar-refractivity contribution is 5.09. The summed E-state index contributed by atoms with van der Waals surface area (Å²) in [5.74, 6) is 0. The summed E-state index contributed by atoms with van der Waals surface area (Å²) >= 11 is 0. The SMILES string of the molecule is Cc1cn([C@@H]2O[C@@]3(CO)CO[C@@H]2[C@H]3O)c(=O)[nH]c1=O. The fourth-order valence-electron chi connectivity index (χ4n) is 2.53. The van der Waals surface area contributed by atoms with E-state index in [2.05, 4.69) is 4.98 Å². The molecule has 3 heterocycles. The van der Waals surface area contributed by atoms with Gasteiger partial charge >= 0.3 is 5.69 Å². The van der Waals surface area contributed by atoms with Gasteiger partial charge in [-0.2, -0.15) is 0 Å². The molecule has 4 atom stereocenters. The number of nitrogens with zero attached hydrogens (tertiary/aromatic N) is 1. The van der Waals surface area contributed by atoms with Crippen LogP contribution in [0.4, 0.5) is 0 Å². The molecule has 0 unspecified atom stereocenters. The summed E-state index contributed by atoms with van der Waals surface area (Å²) in [5.41, 5.74) is -1.96. The van der Waals surface area contributed by atoms with Crippen molar-refractivity contribution in [2.24, 2.45) is 0 Å². The first-order chi connectivity index (χ1) is 8.98. The number of fused-ring (bicyclic) bond motifs is 2. The molecule has 0 aromatic carbocycles. The van der Waals surface area contributed by atoms with E-state index in [0.717, 1.165) is 0 Å². The van der Waals surface area contributed by atoms with E-state index in [1.165, 1.54) is 10.8 Å². The van der Waals surface area contributed by atoms with Crippen molar-refractivity contribution < 1.29 is 19.7 Å². The van der Waals surface area contributed by atoms with E-state index in [1.807, 2.05) is 0 Å². The average Bonchev–Trinajstić information content (AvgIpc) is 2.85. The molecule has 0 aliphatic carbocycles. The maximum atomic E-state index is 11.8. The minimum atomic E-state index is -1.20. The zero-order valence-electron chi connectivity index (χ0n) is 10.2. The van der Waals surface area contributed by atoms with Gasteiger partial charge in [0.25, 0.3) is 5.56 Å². The Bertz CT molecular complexity index is 622. The lowest BCUT2D eigenvalue weighted by molar-refractivity contribution is -0.187. The lowest BCUT2D eigenvalue weighted by atomic mass is 10.0. The lowest BCUT2D eigenvalue weighted by Gasteiger charge is -2.29. The van der Waals surface area contributed by atoms with Crippen LogP contribution in [0.25, 0.3) is 0 Å². The van der Waals surface area contributed by atoms with Crippen LogP contribution in [-0.4, -0.2) is 50.8 Å². The maximum Gasteiger partial charge on any atom is 0.330 e. The highest BCUT2D eigenvalue weighted by Crippen LogP contribution is 2.44. The largest absolute Gasteiger partial charge is 0.393 e. The van der Waals surface area contributed by atoms with Crippen molar-refractivity contribution in [3.05, 3.63) is 32.6 Å². The molecule has 2 bridgehead atoms. The molecule has 1 aromatic rings. The molecule has 104 valence electrons. The predicted octanol–water partition coefficient (Wildman–Crippen LogP) is -2.14. The zero-order chi connectivity index (χ0) is 13.8. The number of hydrogen-bond acceptors (Lipinski definition) is 6. The van der Waals surface area contributed by atoms with Crippen LogP contribution in [0.15, 0.2) is 15.8 Å². The molecule has 2 aliphatic rings. The van der Waals surface area contributed by atoms with Crippen LogP contribution in [0.2, 0.25) is 0 Å². The fourth-order valence-corrected chi connectivity index (χ4v) is 2.53. The first kappa shape index (κ1) is 12.5. The Morgan fingerprint density at radius 3 is 2.95 bits per heavy atom. The molecule has 0 saturated carbocycles. The average molecular weight is 270 g/mol. The fraction of sp³-hybridized carbons (Fsp3) is 0.636. The number of nitrogens with one attached hydrogen (secondary N) is 1. The third kappa shape index (κ3) is 1.61. The molecule has 3 rings (SSSR count). The molecule has 1 aromatic heterocycles. The summed E-state index contributed by atoms with van der Waals surface area (Å²) in [6, 6.07) is 0. The third-order valence-corrected chi connectivity index (χ3v) is 3.69. The Hall–Kier alpha value is -1.48. The van der Waals surface area contributed by atoms with Crippen molar-refractivity contribution in [1.29, 1.82) is 0 Å². The van der Waals surface area contributed by atoms with Gasteiger partial charge in [0, 0.05) is 11.8 Å². The maximum absolute atomic E-state index is 11.8. The molecule has 2 fully saturated rings. The first-order valence-corrected chi connectivity index (χ1v) is 5.89. The second-order valence-electron chi connectivity index (χ2n) is 4.93. The van der Waals surface area contributed by atoms with E-state index in [9.17, 15) is 19.8 Å². The van der Waals surface area contributed by atoms with E-state index in [-0.39, 0.29) is 6.61 Å². The number of aryl methyl sites for hydroxylation is 1. The lowest BCUT2D eigenvalue weighted by Crippen LogP contribution is -2.44. The van der Waals surface area contributed by atoms with E-state index < -0.39 is 41.9 Å². The van der Waals surface area contributed by atoms with Gasteiger partial charge in [0.1, 0.15) is 17.8 Å². The summed E-state index contributed by atoms with van der Waals surface area (Å²) < 4.78 is 12.1. The van der Waals surface area contributed by atoms with Gasteiger partial charge in [-0.1, -0.05) is 0 Å². The van der Waals surface area contributed by atoms with Gasteiger partial charge < -0.3 is 19.7 Å². The summed E-state index contributed by atoms with van der Waals surface area (Å²) in [5, 5.41) is 19.4. The number of aromatic amines is 1. The number of aliphatic hydroxyl groups is 2. The van der Waals surface area contributed by atoms with Crippen molar-refractivity contribution in [3.8, 4) is 0 Å². The van der Waals surface area contributed by atoms with Crippen LogP contribution < -0.4 is 11.2 Å². The smallest absolute Gasteiger partial charge is 0.330 e. The molecule has 3 N–H and O–H groups in total. The van der Waals surface area contributed by atoms with Crippen molar-refractivity contribution in [2.45, 2.75) is 31.0 Å². The number of H-pyrrole nitrogens is 1. The molecular weight excluding hydrogens is 256 g/mol. The van der Waals surface area contributed by atoms with Gasteiger partial charge in [-0.05, 0) is 6.92 Å². The van der Waals surface area contributed by atoms with Crippen LogP contribution in [0.3, 0.4) is 0 Å². The van der Waals surface area contributed by atoms with Crippen molar-refractivity contribution in [2.75, 3.05) is 13.2 Å². The van der Waals surface area contributed by atoms with Gasteiger partial charge in [-0.25, -0.2) is 4.79 Å². The molecule has 19 heavy (non-hydrogen) atoms. The minimum absolute atomic E-state index is 0.0723. The van der Waals surface area contributed by atoms with Crippen LogP contribution in [-0.2, 0) is 9.47 Å². The van der Waals surface area contributed by atoms with E-state index in [1.54, 1.807) is 6.92 Å². The Kier molecular flexibility index (Phi) is 2.65. The quantitative estimate of drug-likeness (QED) is 0.565. The van der Waals surface area contributed by atoms with Gasteiger partial charge in [-0.3, -0.25) is 14.3 Å². The normalized spacial score (nSPS) is 36.9. The van der Waals surface area contributed by atoms with Gasteiger partial charge in [0.05, 0.1) is 13.2 Å². The van der Waals surface area contributed by atoms with Gasteiger partial charge in [-0.15, -0.1) is 0 Å². The highest BCUT2D eigenvalue weighted by atomic mass is 16.7. The summed E-state index contributed by atoms with van der Waals surface area (Å²) in [4.78, 5) is 25.3. The molecule has 2 saturated heterocycles. The standard InChI is InChI=1S/C11H14N2O6/c1-5-2-13(10(17)12-8(5)16)9-6-7(15)11(3-14,19-9)4-18-6/h2,6-7,9,14-15H,3-4H2,1H3,(H,12,16,17)/t6-,7-,9-,11+/m1/s1. The number of aliphatic hydroxyl groups excluding tert-OH is 2. The third-order valence-electron chi connectivity index (χ3n) is 3.69. The number of aromatic nitrogens is 2. The van der Waals surface area contributed by atoms with Gasteiger partial charge in [0.2, 0.25) is 0 Å². The topological polar surface area (TPSA) is 114 Å². The number of rotatable bonds is 2. The first-order valence-electron chi connectivity index (χ1n) is 5.89. The molecular formula is C11H14N2O6. The molecule has 0 spiro atoms. The van der Waals surface area contributed by atoms with Crippen molar-refractivity contribution >= 4 is 0 Å². The molecule has 8 heteroatoms. The zero-order valence-corrected chi connectivity index (χ0v) is 10.2. The Labute approximate surface area is 107 Å². The van der Waals surface area contributed by atoms with E-state index >= 15 is 0 Å². The van der Waals surface area contributed by atoms with Crippen LogP contribution in [0, 0.1) is 6.92 Å². The monoisotopic (exact) mass is 270 g/mol. The summed E-state index contributed by atoms with van der Waals surface area (Å²) in [7, 11) is 0. The summed E-state index contributed by atoms with van der Waals surface area (Å²) in [6.45, 7) is 1.22. The Morgan fingerprint density at radius 1 is 1.58 bits per heavy atom. The second-order valence-corrected chi connectivity index (χ2v) is 4.93. The Balaban J connectivity index is 2.04. The predicted molar refractivity (Wildman–Crippen MR) is 61.7 cm³/mol. The molecule has 8 nitrogen and oxygen atoms in total. The summed E-state index contributed by atoms with van der Waals surface area (Å²) in [6.07, 6.45) is -1.26. The number of hydrogen-bond donors (Lipinski definition) is 3. The number of ether oxygens (including phenoxy) is 2. The molecule has 0 radical (unpaired) electrons. The highest BCUT2D eigenvalue weighted by Gasteiger charge is 2.61. The second kappa shape index (κ2) is 4.01. The van der Waals surface area contributed by atoms with Crippen LogP contribution in [0.5, 0.6) is 0 Å². The van der Waals surface area contributed by atoms with Crippen LogP contribution in [0.1, 0.15) is 11.8 Å². The Morgan fingerprint density at radius 2 is 2.32 bits per heavy atom. The molecule has 0 amide bonds. The van der Waals surface area contributed by atoms with Gasteiger partial charge in [0.15, 0.2) is 6.23 Å². The van der Waals surface area contributed by atoms with Crippen molar-refractivity contribution in [1.82, 2.24) is 9.55 Å². The van der Waals surface area contributed by atoms with E-state index in [4.69, 9.17) is 9.47 Å². The molecule has 2 aliphatic heterocycles. The van der Waals surface area contributed by atoms with Crippen molar-refractivity contribution in [3.63, 3.8) is 0 Å².